The molecule has 0 amide bonds. The average molecular weight is 233 g/mol. The highest BCUT2D eigenvalue weighted by atomic mass is 19.1. The van der Waals surface area contributed by atoms with E-state index in [0.29, 0.717) is 12.1 Å². The summed E-state index contributed by atoms with van der Waals surface area (Å²) in [5.41, 5.74) is 2.89. The minimum Gasteiger partial charge on any atom is -0.284 e. The van der Waals surface area contributed by atoms with Crippen LogP contribution in [0, 0.1) is 0 Å². The molecule has 0 saturated carbocycles. The van der Waals surface area contributed by atoms with Gasteiger partial charge in [-0.1, -0.05) is 24.3 Å². The molecule has 2 aliphatic rings. The molecule has 3 unspecified atom stereocenters. The largest absolute Gasteiger partial charge is 0.284 e. The van der Waals surface area contributed by atoms with Gasteiger partial charge in [0, 0.05) is 18.1 Å². The molecule has 0 aliphatic carbocycles. The molecule has 1 aromatic carbocycles. The second-order valence-electron chi connectivity index (χ2n) is 5.46. The summed E-state index contributed by atoms with van der Waals surface area (Å²) in [4.78, 5) is 2.42. The van der Waals surface area contributed by atoms with Crippen molar-refractivity contribution in [3.05, 3.63) is 35.4 Å². The van der Waals surface area contributed by atoms with Crippen molar-refractivity contribution in [2.45, 2.75) is 57.4 Å². The Kier molecular flexibility index (Phi) is 2.70. The lowest BCUT2D eigenvalue weighted by Gasteiger charge is -2.40. The number of benzene rings is 1. The van der Waals surface area contributed by atoms with Crippen molar-refractivity contribution in [3.63, 3.8) is 0 Å². The molecule has 2 heterocycles. The zero-order chi connectivity index (χ0) is 12.0. The summed E-state index contributed by atoms with van der Waals surface area (Å²) in [6.45, 7) is 3.71. The molecule has 2 heteroatoms. The topological polar surface area (TPSA) is 3.24 Å². The fourth-order valence-corrected chi connectivity index (χ4v) is 3.57. The maximum absolute atomic E-state index is 13.6. The van der Waals surface area contributed by atoms with E-state index in [-0.39, 0.29) is 6.04 Å². The van der Waals surface area contributed by atoms with Crippen LogP contribution in [0.1, 0.15) is 56.3 Å². The van der Waals surface area contributed by atoms with Crippen molar-refractivity contribution >= 4 is 0 Å². The van der Waals surface area contributed by atoms with Gasteiger partial charge in [-0.2, -0.15) is 0 Å². The summed E-state index contributed by atoms with van der Waals surface area (Å²) < 4.78 is 13.6. The molecule has 2 aliphatic heterocycles. The predicted molar refractivity (Wildman–Crippen MR) is 67.6 cm³/mol. The molecule has 0 aromatic heterocycles. The molecule has 2 bridgehead atoms. The first-order valence-electron chi connectivity index (χ1n) is 6.70. The lowest BCUT2D eigenvalue weighted by molar-refractivity contribution is 0.0307. The number of hydrogen-bond acceptors (Lipinski definition) is 1. The second-order valence-corrected chi connectivity index (χ2v) is 5.46. The quantitative estimate of drug-likeness (QED) is 0.746. The van der Waals surface area contributed by atoms with Gasteiger partial charge >= 0.3 is 0 Å². The van der Waals surface area contributed by atoms with Crippen LogP contribution in [0.3, 0.4) is 0 Å². The summed E-state index contributed by atoms with van der Waals surface area (Å²) >= 11 is 0. The average Bonchev–Trinajstić information content (AvgIpc) is 2.53. The summed E-state index contributed by atoms with van der Waals surface area (Å²) in [6, 6.07) is 9.62. The van der Waals surface area contributed by atoms with Crippen molar-refractivity contribution in [1.29, 1.82) is 0 Å². The van der Waals surface area contributed by atoms with Crippen LogP contribution in [0.5, 0.6) is 0 Å². The van der Waals surface area contributed by atoms with Crippen molar-refractivity contribution in [2.75, 3.05) is 0 Å². The van der Waals surface area contributed by atoms with Gasteiger partial charge in [0.2, 0.25) is 0 Å². The van der Waals surface area contributed by atoms with Crippen LogP contribution in [0.25, 0.3) is 0 Å². The molecule has 17 heavy (non-hydrogen) atoms. The lowest BCUT2D eigenvalue weighted by atomic mass is 9.97. The van der Waals surface area contributed by atoms with Gasteiger partial charge in [0.15, 0.2) is 0 Å². The van der Waals surface area contributed by atoms with Gasteiger partial charge in [0.1, 0.15) is 6.17 Å². The van der Waals surface area contributed by atoms with Crippen LogP contribution < -0.4 is 0 Å². The van der Waals surface area contributed by atoms with Crippen molar-refractivity contribution in [3.8, 4) is 0 Å². The number of piperidine rings is 1. The zero-order valence-electron chi connectivity index (χ0n) is 10.6. The monoisotopic (exact) mass is 233 g/mol. The SMILES string of the molecule is CC([C@H](C)F)N1C2CCCC1c1ccccc12. The molecule has 3 rings (SSSR count). The number of fused-ring (bicyclic) bond motifs is 5. The van der Waals surface area contributed by atoms with Gasteiger partial charge in [0.25, 0.3) is 0 Å². The Balaban J connectivity index is 2.01. The number of alkyl halides is 1. The van der Waals surface area contributed by atoms with Gasteiger partial charge < -0.3 is 0 Å². The summed E-state index contributed by atoms with van der Waals surface area (Å²) in [5, 5.41) is 0. The van der Waals surface area contributed by atoms with Crippen LogP contribution in [-0.4, -0.2) is 17.1 Å². The van der Waals surface area contributed by atoms with Crippen molar-refractivity contribution in [1.82, 2.24) is 4.90 Å². The second kappa shape index (κ2) is 4.09. The molecule has 1 saturated heterocycles. The molecule has 1 fully saturated rings. The maximum atomic E-state index is 13.6. The van der Waals surface area contributed by atoms with Gasteiger partial charge in [0.05, 0.1) is 0 Å². The number of rotatable bonds is 2. The Hall–Kier alpha value is -0.890. The van der Waals surface area contributed by atoms with E-state index in [1.54, 1.807) is 6.92 Å². The zero-order valence-corrected chi connectivity index (χ0v) is 10.6. The molecule has 4 atom stereocenters. The third-order valence-corrected chi connectivity index (χ3v) is 4.52. The van der Waals surface area contributed by atoms with Gasteiger partial charge in [-0.05, 0) is 44.2 Å². The van der Waals surface area contributed by atoms with E-state index in [1.165, 1.54) is 30.4 Å². The minimum atomic E-state index is -0.757. The van der Waals surface area contributed by atoms with E-state index < -0.39 is 6.17 Å². The summed E-state index contributed by atoms with van der Waals surface area (Å²) in [6.07, 6.45) is 2.88. The molecular formula is C15H20FN. The first-order valence-corrected chi connectivity index (χ1v) is 6.70. The fraction of sp³-hybridized carbons (Fsp3) is 0.600. The predicted octanol–water partition coefficient (Wildman–Crippen LogP) is 4.01. The molecule has 0 spiro atoms. The van der Waals surface area contributed by atoms with Gasteiger partial charge in [-0.3, -0.25) is 4.90 Å². The van der Waals surface area contributed by atoms with Crippen LogP contribution >= 0.6 is 0 Å². The standard InChI is InChI=1S/C15H20FN/c1-10(16)11(2)17-14-8-5-9-15(17)13-7-4-3-6-12(13)14/h3-4,6-7,10-11,14-15H,5,8-9H2,1-2H3/t10-,11?,14?,15?/m0/s1. The van der Waals surface area contributed by atoms with Crippen LogP contribution in [0.4, 0.5) is 4.39 Å². The van der Waals surface area contributed by atoms with Crippen molar-refractivity contribution < 1.29 is 4.39 Å². The molecule has 0 radical (unpaired) electrons. The number of halogens is 1. The summed E-state index contributed by atoms with van der Waals surface area (Å²) in [7, 11) is 0. The minimum absolute atomic E-state index is 0.0256. The number of nitrogens with zero attached hydrogens (tertiary/aromatic N) is 1. The highest BCUT2D eigenvalue weighted by Crippen LogP contribution is 2.51. The molecule has 1 aromatic rings. The fourth-order valence-electron chi connectivity index (χ4n) is 3.57. The Bertz CT molecular complexity index is 384. The van der Waals surface area contributed by atoms with E-state index in [2.05, 4.69) is 29.2 Å². The first kappa shape index (κ1) is 11.2. The van der Waals surface area contributed by atoms with E-state index in [4.69, 9.17) is 0 Å². The van der Waals surface area contributed by atoms with Crippen LogP contribution in [-0.2, 0) is 0 Å². The third-order valence-electron chi connectivity index (χ3n) is 4.52. The van der Waals surface area contributed by atoms with E-state index in [0.717, 1.165) is 0 Å². The van der Waals surface area contributed by atoms with Crippen molar-refractivity contribution in [2.24, 2.45) is 0 Å². The maximum Gasteiger partial charge on any atom is 0.113 e. The molecular weight excluding hydrogens is 213 g/mol. The van der Waals surface area contributed by atoms with E-state index in [9.17, 15) is 4.39 Å². The van der Waals surface area contributed by atoms with E-state index in [1.807, 2.05) is 6.92 Å². The van der Waals surface area contributed by atoms with Gasteiger partial charge in [-0.15, -0.1) is 0 Å². The highest BCUT2D eigenvalue weighted by Gasteiger charge is 2.43. The Morgan fingerprint density at radius 3 is 2.12 bits per heavy atom. The molecule has 92 valence electrons. The summed E-state index contributed by atoms with van der Waals surface area (Å²) in [5.74, 6) is 0. The Morgan fingerprint density at radius 1 is 1.12 bits per heavy atom. The lowest BCUT2D eigenvalue weighted by Crippen LogP contribution is -2.41. The molecule has 1 nitrogen and oxygen atoms in total. The highest BCUT2D eigenvalue weighted by molar-refractivity contribution is 5.38. The number of hydrogen-bond donors (Lipinski definition) is 0. The third kappa shape index (κ3) is 1.61. The van der Waals surface area contributed by atoms with Gasteiger partial charge in [-0.25, -0.2) is 4.39 Å². The molecule has 0 N–H and O–H groups in total. The van der Waals surface area contributed by atoms with Crippen LogP contribution in [0.2, 0.25) is 0 Å². The van der Waals surface area contributed by atoms with Crippen LogP contribution in [0.15, 0.2) is 24.3 Å². The van der Waals surface area contributed by atoms with E-state index >= 15 is 0 Å². The first-order chi connectivity index (χ1) is 8.20. The Morgan fingerprint density at radius 2 is 1.65 bits per heavy atom. The Labute approximate surface area is 103 Å². The normalized spacial score (nSPS) is 31.0. The smallest absolute Gasteiger partial charge is 0.113 e.